The summed E-state index contributed by atoms with van der Waals surface area (Å²) < 4.78 is 33.1. The van der Waals surface area contributed by atoms with E-state index in [1.165, 1.54) is 42.1 Å². The van der Waals surface area contributed by atoms with Crippen molar-refractivity contribution in [1.29, 1.82) is 0 Å². The molecule has 136 valence electrons. The molecule has 0 fully saturated rings. The Labute approximate surface area is 153 Å². The van der Waals surface area contributed by atoms with Crippen LogP contribution in [-0.2, 0) is 14.3 Å². The molecule has 0 aliphatic rings. The SMILES string of the molecule is O=C(COC(=O)/C=C/Sc1ccccc1)Nc1ccc(OC(F)F)cc1. The van der Waals surface area contributed by atoms with Gasteiger partial charge in [0, 0.05) is 16.7 Å². The van der Waals surface area contributed by atoms with Gasteiger partial charge in [0.15, 0.2) is 6.61 Å². The molecule has 26 heavy (non-hydrogen) atoms. The lowest BCUT2D eigenvalue weighted by molar-refractivity contribution is -0.142. The second-order valence-corrected chi connectivity index (χ2v) is 5.77. The first kappa shape index (κ1) is 19.5. The Morgan fingerprint density at radius 1 is 1.08 bits per heavy atom. The van der Waals surface area contributed by atoms with Crippen molar-refractivity contribution in [1.82, 2.24) is 0 Å². The van der Waals surface area contributed by atoms with Crippen LogP contribution < -0.4 is 10.1 Å². The summed E-state index contributed by atoms with van der Waals surface area (Å²) in [6.07, 6.45) is 1.22. The molecule has 1 N–H and O–H groups in total. The van der Waals surface area contributed by atoms with Gasteiger partial charge in [0.05, 0.1) is 0 Å². The van der Waals surface area contributed by atoms with Gasteiger partial charge in [-0.15, -0.1) is 0 Å². The molecular formula is C18H15F2NO4S. The highest BCUT2D eigenvalue weighted by Gasteiger charge is 2.07. The van der Waals surface area contributed by atoms with Crippen LogP contribution >= 0.6 is 11.8 Å². The van der Waals surface area contributed by atoms with E-state index in [-0.39, 0.29) is 5.75 Å². The predicted molar refractivity (Wildman–Crippen MR) is 94.1 cm³/mol. The zero-order valence-corrected chi connectivity index (χ0v) is 14.2. The third-order valence-electron chi connectivity index (χ3n) is 2.86. The van der Waals surface area contributed by atoms with E-state index in [0.29, 0.717) is 5.69 Å². The average Bonchev–Trinajstić information content (AvgIpc) is 2.62. The number of hydrogen-bond donors (Lipinski definition) is 1. The second kappa shape index (κ2) is 10.2. The van der Waals surface area contributed by atoms with Gasteiger partial charge in [0.1, 0.15) is 5.75 Å². The predicted octanol–water partition coefficient (Wildman–Crippen LogP) is 4.08. The minimum absolute atomic E-state index is 0.0227. The van der Waals surface area contributed by atoms with Crippen molar-refractivity contribution in [2.75, 3.05) is 11.9 Å². The van der Waals surface area contributed by atoms with Gasteiger partial charge in [0.2, 0.25) is 0 Å². The molecular weight excluding hydrogens is 364 g/mol. The zero-order chi connectivity index (χ0) is 18.8. The van der Waals surface area contributed by atoms with Crippen molar-refractivity contribution in [3.05, 3.63) is 66.1 Å². The quantitative estimate of drug-likeness (QED) is 0.425. The Hall–Kier alpha value is -2.87. The standard InChI is InChI=1S/C18H15F2NO4S/c19-18(20)25-14-8-6-13(7-9-14)21-16(22)12-24-17(23)10-11-26-15-4-2-1-3-5-15/h1-11,18H,12H2,(H,21,22)/b11-10+. The minimum Gasteiger partial charge on any atom is -0.452 e. The number of rotatable bonds is 8. The maximum absolute atomic E-state index is 12.0. The summed E-state index contributed by atoms with van der Waals surface area (Å²) in [6.45, 7) is -3.38. The first-order chi connectivity index (χ1) is 12.5. The van der Waals surface area contributed by atoms with Crippen molar-refractivity contribution < 1.29 is 27.8 Å². The van der Waals surface area contributed by atoms with Crippen molar-refractivity contribution >= 4 is 29.3 Å². The number of hydrogen-bond acceptors (Lipinski definition) is 5. The molecule has 0 aliphatic heterocycles. The first-order valence-corrected chi connectivity index (χ1v) is 8.30. The highest BCUT2D eigenvalue weighted by Crippen LogP contribution is 2.18. The van der Waals surface area contributed by atoms with Crippen LogP contribution in [0.1, 0.15) is 0 Å². The van der Waals surface area contributed by atoms with Crippen molar-refractivity contribution in [2.24, 2.45) is 0 Å². The molecule has 0 saturated carbocycles. The molecule has 2 aromatic rings. The smallest absolute Gasteiger partial charge is 0.387 e. The molecule has 8 heteroatoms. The lowest BCUT2D eigenvalue weighted by atomic mass is 10.3. The number of carbonyl (C=O) groups is 2. The maximum atomic E-state index is 12.0. The Morgan fingerprint density at radius 3 is 2.42 bits per heavy atom. The molecule has 0 spiro atoms. The molecule has 5 nitrogen and oxygen atoms in total. The molecule has 0 heterocycles. The lowest BCUT2D eigenvalue weighted by Crippen LogP contribution is -2.20. The van der Waals surface area contributed by atoms with Crippen LogP contribution in [0.25, 0.3) is 0 Å². The number of anilines is 1. The van der Waals surface area contributed by atoms with E-state index in [0.717, 1.165) is 4.90 Å². The van der Waals surface area contributed by atoms with Gasteiger partial charge in [-0.1, -0.05) is 30.0 Å². The van der Waals surface area contributed by atoms with E-state index in [1.807, 2.05) is 30.3 Å². The summed E-state index contributed by atoms with van der Waals surface area (Å²) in [4.78, 5) is 24.2. The number of thioether (sulfide) groups is 1. The van der Waals surface area contributed by atoms with Crippen LogP contribution in [0.15, 0.2) is 71.0 Å². The summed E-state index contributed by atoms with van der Waals surface area (Å²) in [7, 11) is 0. The van der Waals surface area contributed by atoms with Gasteiger partial charge in [-0.25, -0.2) is 4.79 Å². The molecule has 0 bridgehead atoms. The monoisotopic (exact) mass is 379 g/mol. The Morgan fingerprint density at radius 2 is 1.77 bits per heavy atom. The molecule has 0 saturated heterocycles. The number of ether oxygens (including phenoxy) is 2. The molecule has 2 aromatic carbocycles. The fourth-order valence-electron chi connectivity index (χ4n) is 1.77. The number of alkyl halides is 2. The van der Waals surface area contributed by atoms with Crippen LogP contribution in [0.3, 0.4) is 0 Å². The number of nitrogens with one attached hydrogen (secondary N) is 1. The average molecular weight is 379 g/mol. The fraction of sp³-hybridized carbons (Fsp3) is 0.111. The number of halogens is 2. The van der Waals surface area contributed by atoms with Gasteiger partial charge in [-0.2, -0.15) is 8.78 Å². The van der Waals surface area contributed by atoms with E-state index < -0.39 is 25.1 Å². The van der Waals surface area contributed by atoms with E-state index in [4.69, 9.17) is 4.74 Å². The lowest BCUT2D eigenvalue weighted by Gasteiger charge is -2.07. The molecule has 0 unspecified atom stereocenters. The molecule has 0 aromatic heterocycles. The Balaban J connectivity index is 1.71. The largest absolute Gasteiger partial charge is 0.452 e. The number of esters is 1. The molecule has 0 atom stereocenters. The topological polar surface area (TPSA) is 64.6 Å². The number of benzene rings is 2. The highest BCUT2D eigenvalue weighted by atomic mass is 32.2. The molecule has 0 radical (unpaired) electrons. The second-order valence-electron chi connectivity index (χ2n) is 4.79. The van der Waals surface area contributed by atoms with E-state index in [2.05, 4.69) is 10.1 Å². The summed E-state index contributed by atoms with van der Waals surface area (Å²) in [5.41, 5.74) is 0.364. The van der Waals surface area contributed by atoms with Crippen molar-refractivity contribution in [2.45, 2.75) is 11.5 Å². The summed E-state index contributed by atoms with van der Waals surface area (Å²) in [6, 6.07) is 14.8. The third-order valence-corrected chi connectivity index (χ3v) is 3.68. The van der Waals surface area contributed by atoms with Crippen LogP contribution in [0.5, 0.6) is 5.75 Å². The minimum atomic E-state index is -2.91. The summed E-state index contributed by atoms with van der Waals surface area (Å²) in [5, 5.41) is 4.04. The normalized spacial score (nSPS) is 10.7. The molecule has 2 rings (SSSR count). The van der Waals surface area contributed by atoms with Gasteiger partial charge >= 0.3 is 12.6 Å². The van der Waals surface area contributed by atoms with Crippen molar-refractivity contribution in [3.63, 3.8) is 0 Å². The zero-order valence-electron chi connectivity index (χ0n) is 13.4. The number of amides is 1. The Bertz CT molecular complexity index is 752. The van der Waals surface area contributed by atoms with Gasteiger partial charge in [0.25, 0.3) is 5.91 Å². The van der Waals surface area contributed by atoms with E-state index in [9.17, 15) is 18.4 Å². The first-order valence-electron chi connectivity index (χ1n) is 7.42. The summed E-state index contributed by atoms with van der Waals surface area (Å²) in [5.74, 6) is -1.22. The maximum Gasteiger partial charge on any atom is 0.387 e. The van der Waals surface area contributed by atoms with Crippen LogP contribution in [0, 0.1) is 0 Å². The molecule has 1 amide bonds. The van der Waals surface area contributed by atoms with Crippen molar-refractivity contribution in [3.8, 4) is 5.75 Å². The Kier molecular flexibility index (Phi) is 7.63. The van der Waals surface area contributed by atoms with Gasteiger partial charge in [-0.05, 0) is 41.8 Å². The van der Waals surface area contributed by atoms with E-state index in [1.54, 1.807) is 5.41 Å². The van der Waals surface area contributed by atoms with Crippen LogP contribution in [0.2, 0.25) is 0 Å². The van der Waals surface area contributed by atoms with Crippen LogP contribution in [0.4, 0.5) is 14.5 Å². The van der Waals surface area contributed by atoms with E-state index >= 15 is 0 Å². The summed E-state index contributed by atoms with van der Waals surface area (Å²) >= 11 is 1.34. The van der Waals surface area contributed by atoms with Crippen LogP contribution in [-0.4, -0.2) is 25.1 Å². The van der Waals surface area contributed by atoms with Gasteiger partial charge in [-0.3, -0.25) is 4.79 Å². The number of carbonyl (C=O) groups excluding carboxylic acids is 2. The fourth-order valence-corrected chi connectivity index (χ4v) is 2.42. The third kappa shape index (κ3) is 7.35. The molecule has 0 aliphatic carbocycles. The highest BCUT2D eigenvalue weighted by molar-refractivity contribution is 8.02. The van der Waals surface area contributed by atoms with Gasteiger partial charge < -0.3 is 14.8 Å².